The zero-order chi connectivity index (χ0) is 7.14. The van der Waals surface area contributed by atoms with Crippen LogP contribution in [0.1, 0.15) is 16.7 Å². The summed E-state index contributed by atoms with van der Waals surface area (Å²) in [5.74, 6) is 0. The fraction of sp³-hybridized carbons (Fsp3) is 0.333. The standard InChI is InChI=1S/C9H11N/c1-6-4-8(10)5-7-2-3-9(6)7/h4-5H,2-3,10H2,1H3. The van der Waals surface area contributed by atoms with Crippen LogP contribution in [-0.4, -0.2) is 0 Å². The number of aryl methyl sites for hydroxylation is 2. The van der Waals surface area contributed by atoms with Crippen LogP contribution in [0.5, 0.6) is 0 Å². The van der Waals surface area contributed by atoms with Gasteiger partial charge in [0.2, 0.25) is 0 Å². The summed E-state index contributed by atoms with van der Waals surface area (Å²) in [7, 11) is 0. The third kappa shape index (κ3) is 0.635. The fourth-order valence-corrected chi connectivity index (χ4v) is 1.58. The second kappa shape index (κ2) is 1.75. The van der Waals surface area contributed by atoms with Crippen molar-refractivity contribution in [3.8, 4) is 0 Å². The summed E-state index contributed by atoms with van der Waals surface area (Å²) in [5, 5.41) is 0. The molecule has 1 aromatic rings. The third-order valence-electron chi connectivity index (χ3n) is 2.23. The molecule has 0 aromatic heterocycles. The van der Waals surface area contributed by atoms with Gasteiger partial charge in [0.25, 0.3) is 0 Å². The molecule has 0 atom stereocenters. The Morgan fingerprint density at radius 2 is 2.10 bits per heavy atom. The molecule has 0 spiro atoms. The van der Waals surface area contributed by atoms with Crippen molar-refractivity contribution in [1.82, 2.24) is 0 Å². The molecular weight excluding hydrogens is 122 g/mol. The molecule has 1 aliphatic carbocycles. The monoisotopic (exact) mass is 133 g/mol. The first-order chi connectivity index (χ1) is 4.77. The average Bonchev–Trinajstić information content (AvgIpc) is 1.77. The maximum Gasteiger partial charge on any atom is 0.0319 e. The molecule has 0 unspecified atom stereocenters. The van der Waals surface area contributed by atoms with Crippen molar-refractivity contribution in [2.24, 2.45) is 0 Å². The number of anilines is 1. The van der Waals surface area contributed by atoms with E-state index in [1.165, 1.54) is 29.5 Å². The molecule has 1 aromatic carbocycles. The highest BCUT2D eigenvalue weighted by Gasteiger charge is 2.14. The molecule has 0 saturated carbocycles. The maximum atomic E-state index is 5.66. The van der Waals surface area contributed by atoms with Gasteiger partial charge in [-0.25, -0.2) is 0 Å². The van der Waals surface area contributed by atoms with Crippen LogP contribution < -0.4 is 5.73 Å². The van der Waals surface area contributed by atoms with Crippen molar-refractivity contribution in [3.05, 3.63) is 28.8 Å². The lowest BCUT2D eigenvalue weighted by Crippen LogP contribution is -2.10. The largest absolute Gasteiger partial charge is 0.399 e. The lowest BCUT2D eigenvalue weighted by atomic mass is 9.85. The van der Waals surface area contributed by atoms with Crippen LogP contribution in [-0.2, 0) is 12.8 Å². The number of hydrogen-bond acceptors (Lipinski definition) is 1. The molecule has 1 aliphatic rings. The first-order valence-electron chi connectivity index (χ1n) is 3.65. The summed E-state index contributed by atoms with van der Waals surface area (Å²) in [6.45, 7) is 2.13. The molecule has 1 heteroatoms. The van der Waals surface area contributed by atoms with Gasteiger partial charge in [0.15, 0.2) is 0 Å². The van der Waals surface area contributed by atoms with Crippen LogP contribution in [0.4, 0.5) is 5.69 Å². The Balaban J connectivity index is 2.63. The predicted octanol–water partition coefficient (Wildman–Crippen LogP) is 1.68. The molecule has 2 rings (SSSR count). The Bertz CT molecular complexity index is 259. The number of benzene rings is 1. The Hall–Kier alpha value is -0.980. The number of hydrogen-bond donors (Lipinski definition) is 1. The average molecular weight is 133 g/mol. The van der Waals surface area contributed by atoms with E-state index in [0.717, 1.165) is 5.69 Å². The van der Waals surface area contributed by atoms with Crippen molar-refractivity contribution < 1.29 is 0 Å². The highest BCUT2D eigenvalue weighted by Crippen LogP contribution is 2.28. The fourth-order valence-electron chi connectivity index (χ4n) is 1.58. The molecule has 0 saturated heterocycles. The highest BCUT2D eigenvalue weighted by atomic mass is 14.5. The van der Waals surface area contributed by atoms with Gasteiger partial charge in [-0.15, -0.1) is 0 Å². The Labute approximate surface area is 60.9 Å². The van der Waals surface area contributed by atoms with E-state index in [9.17, 15) is 0 Å². The summed E-state index contributed by atoms with van der Waals surface area (Å²) in [5.41, 5.74) is 10.9. The summed E-state index contributed by atoms with van der Waals surface area (Å²) < 4.78 is 0. The first-order valence-corrected chi connectivity index (χ1v) is 3.65. The number of fused-ring (bicyclic) bond motifs is 1. The van der Waals surface area contributed by atoms with Gasteiger partial charge in [-0.1, -0.05) is 0 Å². The van der Waals surface area contributed by atoms with Crippen molar-refractivity contribution in [2.75, 3.05) is 5.73 Å². The Morgan fingerprint density at radius 3 is 2.60 bits per heavy atom. The molecule has 52 valence electrons. The number of nitrogens with two attached hydrogens (primary N) is 1. The summed E-state index contributed by atoms with van der Waals surface area (Å²) in [6.07, 6.45) is 2.47. The van der Waals surface area contributed by atoms with Gasteiger partial charge in [-0.3, -0.25) is 0 Å². The predicted molar refractivity (Wildman–Crippen MR) is 43.0 cm³/mol. The molecular formula is C9H11N. The molecule has 1 nitrogen and oxygen atoms in total. The van der Waals surface area contributed by atoms with Crippen LogP contribution in [0.3, 0.4) is 0 Å². The van der Waals surface area contributed by atoms with Gasteiger partial charge in [0, 0.05) is 5.69 Å². The molecule has 10 heavy (non-hydrogen) atoms. The molecule has 0 fully saturated rings. The van der Waals surface area contributed by atoms with E-state index in [0.29, 0.717) is 0 Å². The quantitative estimate of drug-likeness (QED) is 0.535. The Morgan fingerprint density at radius 1 is 1.30 bits per heavy atom. The highest BCUT2D eigenvalue weighted by molar-refractivity contribution is 5.52. The van der Waals surface area contributed by atoms with Crippen molar-refractivity contribution in [2.45, 2.75) is 19.8 Å². The lowest BCUT2D eigenvalue weighted by molar-refractivity contribution is 0.829. The van der Waals surface area contributed by atoms with E-state index in [2.05, 4.69) is 19.1 Å². The molecule has 0 aliphatic heterocycles. The normalized spacial score (nSPS) is 14.1. The van der Waals surface area contributed by atoms with Gasteiger partial charge in [0.1, 0.15) is 0 Å². The number of rotatable bonds is 0. The van der Waals surface area contributed by atoms with Crippen LogP contribution >= 0.6 is 0 Å². The molecule has 0 heterocycles. The second-order valence-corrected chi connectivity index (χ2v) is 2.98. The summed E-state index contributed by atoms with van der Waals surface area (Å²) in [6, 6.07) is 4.14. The topological polar surface area (TPSA) is 26.0 Å². The number of nitrogen functional groups attached to an aromatic ring is 1. The first kappa shape index (κ1) is 5.78. The Kier molecular flexibility index (Phi) is 1.01. The van der Waals surface area contributed by atoms with E-state index < -0.39 is 0 Å². The van der Waals surface area contributed by atoms with E-state index in [1.807, 2.05) is 0 Å². The zero-order valence-corrected chi connectivity index (χ0v) is 6.15. The van der Waals surface area contributed by atoms with Gasteiger partial charge < -0.3 is 5.73 Å². The van der Waals surface area contributed by atoms with Gasteiger partial charge >= 0.3 is 0 Å². The maximum absolute atomic E-state index is 5.66. The molecule has 0 bridgehead atoms. The van der Waals surface area contributed by atoms with Gasteiger partial charge in [-0.05, 0) is 48.6 Å². The molecule has 0 radical (unpaired) electrons. The minimum absolute atomic E-state index is 0.913. The smallest absolute Gasteiger partial charge is 0.0319 e. The van der Waals surface area contributed by atoms with Crippen LogP contribution in [0, 0.1) is 6.92 Å². The van der Waals surface area contributed by atoms with Crippen LogP contribution in [0.2, 0.25) is 0 Å². The minimum Gasteiger partial charge on any atom is -0.399 e. The van der Waals surface area contributed by atoms with Gasteiger partial charge in [-0.2, -0.15) is 0 Å². The third-order valence-corrected chi connectivity index (χ3v) is 2.23. The van der Waals surface area contributed by atoms with Crippen molar-refractivity contribution >= 4 is 5.69 Å². The van der Waals surface area contributed by atoms with E-state index in [1.54, 1.807) is 0 Å². The van der Waals surface area contributed by atoms with E-state index in [-0.39, 0.29) is 0 Å². The van der Waals surface area contributed by atoms with Crippen molar-refractivity contribution in [3.63, 3.8) is 0 Å². The second-order valence-electron chi connectivity index (χ2n) is 2.98. The van der Waals surface area contributed by atoms with E-state index in [4.69, 9.17) is 5.73 Å². The van der Waals surface area contributed by atoms with Crippen molar-refractivity contribution in [1.29, 1.82) is 0 Å². The molecule has 2 N–H and O–H groups in total. The van der Waals surface area contributed by atoms with Crippen LogP contribution in [0.15, 0.2) is 12.1 Å². The molecule has 0 amide bonds. The minimum atomic E-state index is 0.913. The summed E-state index contributed by atoms with van der Waals surface area (Å²) in [4.78, 5) is 0. The zero-order valence-electron chi connectivity index (χ0n) is 6.15. The van der Waals surface area contributed by atoms with E-state index >= 15 is 0 Å². The SMILES string of the molecule is Cc1cc(N)cc2c1CC2. The van der Waals surface area contributed by atoms with Gasteiger partial charge in [0.05, 0.1) is 0 Å². The lowest BCUT2D eigenvalue weighted by Gasteiger charge is -2.21. The van der Waals surface area contributed by atoms with Crippen LogP contribution in [0.25, 0.3) is 0 Å². The summed E-state index contributed by atoms with van der Waals surface area (Å²) >= 11 is 0.